The fraction of sp³-hybridized carbons (Fsp3) is 0.862. The number of nitriles is 1. The van der Waals surface area contributed by atoms with Crippen LogP contribution in [0.25, 0.3) is 0 Å². The second-order valence-electron chi connectivity index (χ2n) is 12.8. The summed E-state index contributed by atoms with van der Waals surface area (Å²) in [6.45, 7) is 8.23. The molecule has 1 aromatic heterocycles. The van der Waals surface area contributed by atoms with Gasteiger partial charge in [0, 0.05) is 12.7 Å². The first-order chi connectivity index (χ1) is 15.9. The van der Waals surface area contributed by atoms with E-state index in [1.165, 1.54) is 57.8 Å². The quantitative estimate of drug-likeness (QED) is 0.531. The molecule has 0 spiro atoms. The van der Waals surface area contributed by atoms with Gasteiger partial charge in [-0.1, -0.05) is 33.6 Å². The normalized spacial score (nSPS) is 43.2. The molecule has 0 amide bonds. The molecule has 0 bridgehead atoms. The van der Waals surface area contributed by atoms with Crippen molar-refractivity contribution in [3.63, 3.8) is 0 Å². The topological polar surface area (TPSA) is 61.8 Å². The molecule has 1 aromatic rings. The summed E-state index contributed by atoms with van der Waals surface area (Å²) in [5.74, 6) is 5.73. The zero-order valence-corrected chi connectivity index (χ0v) is 21.2. The molecule has 4 saturated carbocycles. The van der Waals surface area contributed by atoms with Gasteiger partial charge >= 0.3 is 0 Å². The zero-order chi connectivity index (χ0) is 23.2. The Morgan fingerprint density at radius 1 is 1.15 bits per heavy atom. The van der Waals surface area contributed by atoms with Crippen LogP contribution in [0.4, 0.5) is 0 Å². The third kappa shape index (κ3) is 4.18. The predicted octanol–water partition coefficient (Wildman–Crippen LogP) is 6.58. The second-order valence-corrected chi connectivity index (χ2v) is 12.8. The summed E-state index contributed by atoms with van der Waals surface area (Å²) in [4.78, 5) is 0. The number of fused-ring (bicyclic) bond motifs is 5. The number of aliphatic hydroxyl groups is 1. The van der Waals surface area contributed by atoms with Gasteiger partial charge in [-0.3, -0.25) is 4.68 Å². The zero-order valence-electron chi connectivity index (χ0n) is 21.2. The van der Waals surface area contributed by atoms with Gasteiger partial charge < -0.3 is 5.11 Å². The van der Waals surface area contributed by atoms with Crippen molar-refractivity contribution >= 4 is 0 Å². The lowest BCUT2D eigenvalue weighted by atomic mass is 9.48. The van der Waals surface area contributed by atoms with Crippen molar-refractivity contribution < 1.29 is 5.11 Å². The first-order valence-electron chi connectivity index (χ1n) is 14.0. The third-order valence-corrected chi connectivity index (χ3v) is 11.1. The van der Waals surface area contributed by atoms with E-state index in [0.29, 0.717) is 16.9 Å². The van der Waals surface area contributed by atoms with Gasteiger partial charge in [0.2, 0.25) is 0 Å². The van der Waals surface area contributed by atoms with E-state index >= 15 is 0 Å². The van der Waals surface area contributed by atoms with E-state index in [-0.39, 0.29) is 5.60 Å². The number of nitrogens with zero attached hydrogens (tertiary/aromatic N) is 3. The second kappa shape index (κ2) is 9.03. The van der Waals surface area contributed by atoms with E-state index < -0.39 is 0 Å². The number of rotatable bonds is 6. The van der Waals surface area contributed by atoms with E-state index in [1.54, 1.807) is 6.20 Å². The lowest BCUT2D eigenvalue weighted by molar-refractivity contribution is -0.111. The highest BCUT2D eigenvalue weighted by molar-refractivity contribution is 5.21. The molecule has 4 aliphatic rings. The maximum Gasteiger partial charge on any atom is 0.102 e. The van der Waals surface area contributed by atoms with Crippen LogP contribution in [0.1, 0.15) is 103 Å². The monoisotopic (exact) mass is 451 g/mol. The minimum absolute atomic E-state index is 0.362. The summed E-state index contributed by atoms with van der Waals surface area (Å²) in [6, 6.07) is 2.21. The Kier molecular flexibility index (Phi) is 6.40. The summed E-state index contributed by atoms with van der Waals surface area (Å²) in [5, 5.41) is 24.8. The summed E-state index contributed by atoms with van der Waals surface area (Å²) in [6.07, 6.45) is 18.7. The fourth-order valence-corrected chi connectivity index (χ4v) is 9.61. The van der Waals surface area contributed by atoms with Crippen molar-refractivity contribution in [1.29, 1.82) is 5.26 Å². The average Bonchev–Trinajstić information content (AvgIpc) is 3.40. The largest absolute Gasteiger partial charge is 0.390 e. The van der Waals surface area contributed by atoms with Crippen LogP contribution in [0.5, 0.6) is 0 Å². The van der Waals surface area contributed by atoms with Crippen molar-refractivity contribution in [2.75, 3.05) is 0 Å². The predicted molar refractivity (Wildman–Crippen MR) is 131 cm³/mol. The van der Waals surface area contributed by atoms with Crippen LogP contribution in [0, 0.1) is 58.2 Å². The highest BCUT2D eigenvalue weighted by Gasteiger charge is 2.58. The van der Waals surface area contributed by atoms with Gasteiger partial charge in [-0.15, -0.1) is 0 Å². The molecular weight excluding hydrogens is 406 g/mol. The highest BCUT2D eigenvalue weighted by Crippen LogP contribution is 2.65. The van der Waals surface area contributed by atoms with Crippen LogP contribution in [0.3, 0.4) is 0 Å². The Hall–Kier alpha value is -1.34. The van der Waals surface area contributed by atoms with Crippen LogP contribution in [-0.4, -0.2) is 20.5 Å². The Labute approximate surface area is 201 Å². The number of unbranched alkanes of at least 4 members (excludes halogenated alkanes) is 1. The fourth-order valence-electron chi connectivity index (χ4n) is 9.61. The third-order valence-electron chi connectivity index (χ3n) is 11.1. The van der Waals surface area contributed by atoms with E-state index in [4.69, 9.17) is 5.26 Å². The molecule has 9 atom stereocenters. The molecule has 0 radical (unpaired) electrons. The lowest BCUT2D eigenvalue weighted by Crippen LogP contribution is -2.51. The average molecular weight is 452 g/mol. The Bertz CT molecular complexity index is 872. The summed E-state index contributed by atoms with van der Waals surface area (Å²) >= 11 is 0. The van der Waals surface area contributed by atoms with Gasteiger partial charge in [-0.05, 0) is 111 Å². The maximum atomic E-state index is 11.2. The molecule has 0 aliphatic heterocycles. The van der Waals surface area contributed by atoms with Crippen LogP contribution in [0.15, 0.2) is 12.4 Å². The minimum Gasteiger partial charge on any atom is -0.390 e. The number of aromatic nitrogens is 2. The van der Waals surface area contributed by atoms with Gasteiger partial charge in [0.1, 0.15) is 6.07 Å². The molecule has 0 unspecified atom stereocenters. The van der Waals surface area contributed by atoms with E-state index in [1.807, 2.05) is 10.9 Å². The van der Waals surface area contributed by atoms with E-state index in [9.17, 15) is 5.11 Å². The van der Waals surface area contributed by atoms with Crippen molar-refractivity contribution in [2.45, 2.75) is 110 Å². The summed E-state index contributed by atoms with van der Waals surface area (Å²) in [7, 11) is 0. The molecule has 4 aliphatic carbocycles. The van der Waals surface area contributed by atoms with Crippen LogP contribution in [0.2, 0.25) is 0 Å². The van der Waals surface area contributed by atoms with Crippen molar-refractivity contribution in [3.05, 3.63) is 18.0 Å². The molecule has 182 valence electrons. The number of hydrogen-bond donors (Lipinski definition) is 1. The van der Waals surface area contributed by atoms with E-state index in [2.05, 4.69) is 31.9 Å². The minimum atomic E-state index is -0.362. The summed E-state index contributed by atoms with van der Waals surface area (Å²) < 4.78 is 2.00. The van der Waals surface area contributed by atoms with Crippen LogP contribution >= 0.6 is 0 Å². The van der Waals surface area contributed by atoms with Crippen molar-refractivity contribution in [2.24, 2.45) is 46.8 Å². The van der Waals surface area contributed by atoms with Gasteiger partial charge in [0.05, 0.1) is 17.4 Å². The molecule has 0 saturated heterocycles. The van der Waals surface area contributed by atoms with Crippen molar-refractivity contribution in [3.8, 4) is 6.07 Å². The number of hydrogen-bond acceptors (Lipinski definition) is 3. The standard InChI is InChI=1S/C29H45N3O/c1-4-5-12-29(33)14-11-23-22(15-29)6-7-25-24(23)10-13-28(3)26(8-9-27(25)28)20(2)18-32-19-21(16-30)17-31-32/h17,19-20,22-27,33H,4-15,18H2,1-3H3/t20-,22-,23+,24-,25-,26-,27+,28-,29-/m1/s1. The van der Waals surface area contributed by atoms with Crippen molar-refractivity contribution in [1.82, 2.24) is 9.78 Å². The first-order valence-corrected chi connectivity index (χ1v) is 14.0. The van der Waals surface area contributed by atoms with E-state index in [0.717, 1.165) is 61.3 Å². The van der Waals surface area contributed by atoms with Gasteiger partial charge in [-0.2, -0.15) is 10.4 Å². The molecule has 5 rings (SSSR count). The smallest absolute Gasteiger partial charge is 0.102 e. The molecule has 4 fully saturated rings. The molecule has 1 N–H and O–H groups in total. The molecular formula is C29H45N3O. The molecule has 33 heavy (non-hydrogen) atoms. The Morgan fingerprint density at radius 3 is 2.73 bits per heavy atom. The lowest BCUT2D eigenvalue weighted by Gasteiger charge is -2.57. The van der Waals surface area contributed by atoms with Crippen LogP contribution in [-0.2, 0) is 6.54 Å². The Balaban J connectivity index is 1.26. The highest BCUT2D eigenvalue weighted by atomic mass is 16.3. The van der Waals surface area contributed by atoms with Crippen LogP contribution < -0.4 is 0 Å². The maximum absolute atomic E-state index is 11.2. The van der Waals surface area contributed by atoms with Gasteiger partial charge in [0.15, 0.2) is 0 Å². The summed E-state index contributed by atoms with van der Waals surface area (Å²) in [5.41, 5.74) is 0.776. The Morgan fingerprint density at radius 2 is 1.97 bits per heavy atom. The molecule has 4 nitrogen and oxygen atoms in total. The first kappa shape index (κ1) is 23.4. The van der Waals surface area contributed by atoms with Gasteiger partial charge in [0.25, 0.3) is 0 Å². The molecule has 4 heteroatoms. The SMILES string of the molecule is CCCC[C@@]1(O)CC[C@H]2[C@H](CC[C@@H]3[C@@H]2CC[C@]2(C)[C@@H]([C@H](C)Cn4cc(C#N)cn4)CC[C@@H]32)C1. The van der Waals surface area contributed by atoms with Gasteiger partial charge in [-0.25, -0.2) is 0 Å². The molecule has 0 aromatic carbocycles. The molecule has 1 heterocycles.